The minimum Gasteiger partial charge on any atom is -0.358 e. The SMILES string of the molecule is Cc1ccc(-n2nc3ccccc3c2[N+](=O)[O-])cc1. The van der Waals surface area contributed by atoms with Gasteiger partial charge in [-0.15, -0.1) is 0 Å². The average Bonchev–Trinajstić information content (AvgIpc) is 2.78. The van der Waals surface area contributed by atoms with Crippen molar-refractivity contribution in [1.82, 2.24) is 9.78 Å². The summed E-state index contributed by atoms with van der Waals surface area (Å²) in [7, 11) is 0. The number of rotatable bonds is 2. The quantitative estimate of drug-likeness (QED) is 0.520. The first-order valence-electron chi connectivity index (χ1n) is 5.86. The molecule has 0 saturated carbocycles. The Kier molecular flexibility index (Phi) is 2.52. The molecule has 0 N–H and O–H groups in total. The normalized spacial score (nSPS) is 10.8. The van der Waals surface area contributed by atoms with Crippen LogP contribution in [-0.4, -0.2) is 14.7 Å². The van der Waals surface area contributed by atoms with Crippen LogP contribution in [0, 0.1) is 17.0 Å². The average molecular weight is 253 g/mol. The lowest BCUT2D eigenvalue weighted by Gasteiger charge is -1.99. The molecule has 0 aliphatic rings. The van der Waals surface area contributed by atoms with Gasteiger partial charge in [-0.05, 0) is 36.1 Å². The molecular weight excluding hydrogens is 242 g/mol. The third-order valence-electron chi connectivity index (χ3n) is 3.00. The maximum Gasteiger partial charge on any atom is 0.358 e. The highest BCUT2D eigenvalue weighted by Crippen LogP contribution is 2.28. The molecule has 0 saturated heterocycles. The van der Waals surface area contributed by atoms with Gasteiger partial charge in [-0.25, -0.2) is 0 Å². The minimum atomic E-state index is -0.394. The zero-order chi connectivity index (χ0) is 13.4. The summed E-state index contributed by atoms with van der Waals surface area (Å²) in [6.45, 7) is 1.97. The molecule has 0 aliphatic heterocycles. The van der Waals surface area contributed by atoms with Crippen LogP contribution in [0.2, 0.25) is 0 Å². The van der Waals surface area contributed by atoms with E-state index in [0.717, 1.165) is 5.56 Å². The summed E-state index contributed by atoms with van der Waals surface area (Å²) in [6.07, 6.45) is 0. The summed E-state index contributed by atoms with van der Waals surface area (Å²) < 4.78 is 1.38. The predicted molar refractivity (Wildman–Crippen MR) is 72.5 cm³/mol. The molecule has 0 fully saturated rings. The van der Waals surface area contributed by atoms with Crippen molar-refractivity contribution in [3.8, 4) is 5.69 Å². The van der Waals surface area contributed by atoms with E-state index >= 15 is 0 Å². The van der Waals surface area contributed by atoms with E-state index in [1.54, 1.807) is 18.2 Å². The first kappa shape index (κ1) is 11.4. The molecule has 0 amide bonds. The van der Waals surface area contributed by atoms with Crippen LogP contribution in [0.4, 0.5) is 5.82 Å². The third-order valence-corrected chi connectivity index (χ3v) is 3.00. The molecular formula is C14H11N3O2. The summed E-state index contributed by atoms with van der Waals surface area (Å²) in [5, 5.41) is 16.1. The molecule has 94 valence electrons. The van der Waals surface area contributed by atoms with Gasteiger partial charge in [0.15, 0.2) is 5.69 Å². The van der Waals surface area contributed by atoms with Crippen molar-refractivity contribution < 1.29 is 4.92 Å². The van der Waals surface area contributed by atoms with Crippen LogP contribution in [-0.2, 0) is 0 Å². The number of nitrogens with zero attached hydrogens (tertiary/aromatic N) is 3. The van der Waals surface area contributed by atoms with Crippen LogP contribution in [0.3, 0.4) is 0 Å². The van der Waals surface area contributed by atoms with Crippen molar-refractivity contribution in [3.05, 3.63) is 64.2 Å². The van der Waals surface area contributed by atoms with E-state index in [4.69, 9.17) is 0 Å². The van der Waals surface area contributed by atoms with Crippen LogP contribution in [0.25, 0.3) is 16.6 Å². The molecule has 2 aromatic carbocycles. The van der Waals surface area contributed by atoms with Gasteiger partial charge in [0, 0.05) is 0 Å². The molecule has 1 heterocycles. The number of aromatic nitrogens is 2. The van der Waals surface area contributed by atoms with Gasteiger partial charge in [-0.2, -0.15) is 0 Å². The Morgan fingerprint density at radius 2 is 1.79 bits per heavy atom. The predicted octanol–water partition coefficient (Wildman–Crippen LogP) is 3.24. The van der Waals surface area contributed by atoms with Gasteiger partial charge in [0.1, 0.15) is 10.9 Å². The van der Waals surface area contributed by atoms with Gasteiger partial charge >= 0.3 is 5.82 Å². The number of nitro groups is 1. The molecule has 3 rings (SSSR count). The lowest BCUT2D eigenvalue weighted by atomic mass is 10.2. The molecule has 0 unspecified atom stereocenters. The fourth-order valence-corrected chi connectivity index (χ4v) is 2.06. The van der Waals surface area contributed by atoms with Gasteiger partial charge in [-0.1, -0.05) is 39.6 Å². The molecule has 3 aromatic rings. The van der Waals surface area contributed by atoms with Crippen molar-refractivity contribution in [1.29, 1.82) is 0 Å². The van der Waals surface area contributed by atoms with E-state index in [-0.39, 0.29) is 5.82 Å². The van der Waals surface area contributed by atoms with Gasteiger partial charge in [0.25, 0.3) is 0 Å². The Bertz CT molecular complexity index is 760. The summed E-state index contributed by atoms with van der Waals surface area (Å²) in [5.74, 6) is -0.000506. The molecule has 0 spiro atoms. The molecule has 5 heteroatoms. The maximum atomic E-state index is 11.3. The maximum absolute atomic E-state index is 11.3. The summed E-state index contributed by atoms with van der Waals surface area (Å²) in [6, 6.07) is 14.5. The Hall–Kier alpha value is -2.69. The van der Waals surface area contributed by atoms with Crippen molar-refractivity contribution in [2.24, 2.45) is 0 Å². The number of hydrogen-bond donors (Lipinski definition) is 0. The Balaban J connectivity index is 2.31. The van der Waals surface area contributed by atoms with Gasteiger partial charge in [0.05, 0.1) is 0 Å². The zero-order valence-corrected chi connectivity index (χ0v) is 10.3. The third kappa shape index (κ3) is 1.85. The van der Waals surface area contributed by atoms with Crippen LogP contribution < -0.4 is 0 Å². The van der Waals surface area contributed by atoms with Gasteiger partial charge < -0.3 is 10.1 Å². The summed E-state index contributed by atoms with van der Waals surface area (Å²) in [5.41, 5.74) is 2.41. The largest absolute Gasteiger partial charge is 0.358 e. The van der Waals surface area contributed by atoms with Crippen LogP contribution >= 0.6 is 0 Å². The van der Waals surface area contributed by atoms with E-state index in [9.17, 15) is 10.1 Å². The molecule has 0 radical (unpaired) electrons. The van der Waals surface area contributed by atoms with Gasteiger partial charge in [0.2, 0.25) is 0 Å². The first-order chi connectivity index (χ1) is 9.16. The van der Waals surface area contributed by atoms with E-state index in [0.29, 0.717) is 16.6 Å². The van der Waals surface area contributed by atoms with E-state index in [1.807, 2.05) is 37.3 Å². The Morgan fingerprint density at radius 3 is 2.47 bits per heavy atom. The minimum absolute atomic E-state index is 0.000506. The zero-order valence-electron chi connectivity index (χ0n) is 10.3. The van der Waals surface area contributed by atoms with Crippen molar-refractivity contribution >= 4 is 16.7 Å². The van der Waals surface area contributed by atoms with Gasteiger partial charge in [-0.3, -0.25) is 0 Å². The topological polar surface area (TPSA) is 61.0 Å². The van der Waals surface area contributed by atoms with Crippen LogP contribution in [0.5, 0.6) is 0 Å². The Labute approximate surface area is 109 Å². The lowest BCUT2D eigenvalue weighted by molar-refractivity contribution is -0.389. The number of benzene rings is 2. The highest BCUT2D eigenvalue weighted by atomic mass is 16.6. The van der Waals surface area contributed by atoms with E-state index < -0.39 is 4.92 Å². The molecule has 0 bridgehead atoms. The second-order valence-corrected chi connectivity index (χ2v) is 4.35. The monoisotopic (exact) mass is 253 g/mol. The molecule has 5 nitrogen and oxygen atoms in total. The van der Waals surface area contributed by atoms with Crippen LogP contribution in [0.1, 0.15) is 5.56 Å². The lowest BCUT2D eigenvalue weighted by Crippen LogP contribution is -2.02. The van der Waals surface area contributed by atoms with E-state index in [1.165, 1.54) is 4.68 Å². The fourth-order valence-electron chi connectivity index (χ4n) is 2.06. The number of fused-ring (bicyclic) bond motifs is 1. The highest BCUT2D eigenvalue weighted by Gasteiger charge is 2.22. The number of aryl methyl sites for hydroxylation is 1. The molecule has 19 heavy (non-hydrogen) atoms. The van der Waals surface area contributed by atoms with Crippen molar-refractivity contribution in [2.45, 2.75) is 6.92 Å². The molecule has 0 aliphatic carbocycles. The standard InChI is InChI=1S/C14H11N3O2/c1-10-6-8-11(9-7-10)16-14(17(18)19)12-4-2-3-5-13(12)15-16/h2-9H,1H3. The number of hydrogen-bond acceptors (Lipinski definition) is 3. The smallest absolute Gasteiger partial charge is 0.358 e. The van der Waals surface area contributed by atoms with Crippen LogP contribution in [0.15, 0.2) is 48.5 Å². The first-order valence-corrected chi connectivity index (χ1v) is 5.86. The van der Waals surface area contributed by atoms with Crippen molar-refractivity contribution in [3.63, 3.8) is 0 Å². The second-order valence-electron chi connectivity index (χ2n) is 4.35. The summed E-state index contributed by atoms with van der Waals surface area (Å²) >= 11 is 0. The molecule has 0 atom stereocenters. The highest BCUT2D eigenvalue weighted by molar-refractivity contribution is 5.87. The second kappa shape index (κ2) is 4.20. The molecule has 1 aromatic heterocycles. The van der Waals surface area contributed by atoms with E-state index in [2.05, 4.69) is 5.10 Å². The summed E-state index contributed by atoms with van der Waals surface area (Å²) in [4.78, 5) is 10.9. The van der Waals surface area contributed by atoms with Crippen molar-refractivity contribution in [2.75, 3.05) is 0 Å². The fraction of sp³-hybridized carbons (Fsp3) is 0.0714. The Morgan fingerprint density at radius 1 is 1.11 bits per heavy atom.